The van der Waals surface area contributed by atoms with E-state index in [0.29, 0.717) is 5.75 Å². The standard InChI is InChI=1S/C15H18N2O2/c1-9-5-6-14(19-4)13(7-9)15(18)12-8-10(2)16-17-11(12)3/h5-8,15,18H,1-4H3. The zero-order valence-electron chi connectivity index (χ0n) is 11.6. The van der Waals surface area contributed by atoms with Crippen LogP contribution in [0.25, 0.3) is 0 Å². The summed E-state index contributed by atoms with van der Waals surface area (Å²) in [4.78, 5) is 0. The molecule has 100 valence electrons. The molecule has 0 aliphatic carbocycles. The van der Waals surface area contributed by atoms with Gasteiger partial charge in [0.05, 0.1) is 18.5 Å². The predicted octanol–water partition coefficient (Wildman–Crippen LogP) is 2.49. The number of rotatable bonds is 3. The van der Waals surface area contributed by atoms with Crippen molar-refractivity contribution in [3.63, 3.8) is 0 Å². The second kappa shape index (κ2) is 5.36. The predicted molar refractivity (Wildman–Crippen MR) is 73.3 cm³/mol. The molecule has 4 heteroatoms. The smallest absolute Gasteiger partial charge is 0.125 e. The Hall–Kier alpha value is -1.94. The van der Waals surface area contributed by atoms with E-state index < -0.39 is 6.10 Å². The first-order chi connectivity index (χ1) is 9.02. The van der Waals surface area contributed by atoms with Gasteiger partial charge in [-0.1, -0.05) is 11.6 Å². The number of ether oxygens (including phenoxy) is 1. The average Bonchev–Trinajstić information content (AvgIpc) is 2.40. The van der Waals surface area contributed by atoms with Crippen molar-refractivity contribution in [2.75, 3.05) is 7.11 Å². The number of benzene rings is 1. The molecule has 0 spiro atoms. The molecule has 0 amide bonds. The Morgan fingerprint density at radius 3 is 2.47 bits per heavy atom. The summed E-state index contributed by atoms with van der Waals surface area (Å²) in [5, 5.41) is 18.6. The minimum absolute atomic E-state index is 0.673. The van der Waals surface area contributed by atoms with Gasteiger partial charge in [0.2, 0.25) is 0 Å². The van der Waals surface area contributed by atoms with Crippen LogP contribution in [0.1, 0.15) is 34.2 Å². The highest BCUT2D eigenvalue weighted by Crippen LogP contribution is 2.31. The second-order valence-corrected chi connectivity index (χ2v) is 4.67. The topological polar surface area (TPSA) is 55.2 Å². The van der Waals surface area contributed by atoms with E-state index in [2.05, 4.69) is 10.2 Å². The quantitative estimate of drug-likeness (QED) is 0.919. The van der Waals surface area contributed by atoms with Crippen molar-refractivity contribution in [2.24, 2.45) is 0 Å². The maximum atomic E-state index is 10.6. The van der Waals surface area contributed by atoms with Crippen molar-refractivity contribution in [1.29, 1.82) is 0 Å². The summed E-state index contributed by atoms with van der Waals surface area (Å²) in [6.45, 7) is 5.68. The fraction of sp³-hybridized carbons (Fsp3) is 0.333. The van der Waals surface area contributed by atoms with Crippen LogP contribution in [0.3, 0.4) is 0 Å². The van der Waals surface area contributed by atoms with Crippen molar-refractivity contribution in [3.05, 3.63) is 52.3 Å². The Labute approximate surface area is 113 Å². The first kappa shape index (κ1) is 13.5. The molecule has 1 heterocycles. The van der Waals surface area contributed by atoms with Gasteiger partial charge in [-0.2, -0.15) is 10.2 Å². The van der Waals surface area contributed by atoms with Crippen LogP contribution in [0.15, 0.2) is 24.3 Å². The van der Waals surface area contributed by atoms with Gasteiger partial charge in [0, 0.05) is 11.1 Å². The Morgan fingerprint density at radius 2 is 1.79 bits per heavy atom. The molecule has 19 heavy (non-hydrogen) atoms. The number of aliphatic hydroxyl groups excluding tert-OH is 1. The van der Waals surface area contributed by atoms with Crippen LogP contribution >= 0.6 is 0 Å². The van der Waals surface area contributed by atoms with Crippen LogP contribution in [-0.4, -0.2) is 22.4 Å². The van der Waals surface area contributed by atoms with E-state index in [0.717, 1.165) is 28.1 Å². The third-order valence-electron chi connectivity index (χ3n) is 3.11. The lowest BCUT2D eigenvalue weighted by Crippen LogP contribution is -2.07. The number of aliphatic hydroxyl groups is 1. The maximum absolute atomic E-state index is 10.6. The van der Waals surface area contributed by atoms with E-state index in [1.54, 1.807) is 7.11 Å². The van der Waals surface area contributed by atoms with Crippen molar-refractivity contribution in [2.45, 2.75) is 26.9 Å². The fourth-order valence-corrected chi connectivity index (χ4v) is 2.08. The lowest BCUT2D eigenvalue weighted by molar-refractivity contribution is 0.213. The molecule has 0 bridgehead atoms. The van der Waals surface area contributed by atoms with Crippen molar-refractivity contribution >= 4 is 0 Å². The zero-order valence-corrected chi connectivity index (χ0v) is 11.6. The molecule has 4 nitrogen and oxygen atoms in total. The first-order valence-electron chi connectivity index (χ1n) is 6.16. The molecule has 1 atom stereocenters. The monoisotopic (exact) mass is 258 g/mol. The van der Waals surface area contributed by atoms with Gasteiger partial charge in [-0.3, -0.25) is 0 Å². The molecular weight excluding hydrogens is 240 g/mol. The number of aryl methyl sites for hydroxylation is 3. The van der Waals surface area contributed by atoms with Gasteiger partial charge in [-0.15, -0.1) is 0 Å². The number of aromatic nitrogens is 2. The van der Waals surface area contributed by atoms with Gasteiger partial charge in [0.1, 0.15) is 11.9 Å². The van der Waals surface area contributed by atoms with Crippen molar-refractivity contribution in [1.82, 2.24) is 10.2 Å². The van der Waals surface area contributed by atoms with E-state index >= 15 is 0 Å². The van der Waals surface area contributed by atoms with E-state index in [4.69, 9.17) is 4.74 Å². The van der Waals surface area contributed by atoms with Crippen molar-refractivity contribution < 1.29 is 9.84 Å². The average molecular weight is 258 g/mol. The maximum Gasteiger partial charge on any atom is 0.125 e. The molecular formula is C15H18N2O2. The van der Waals surface area contributed by atoms with Crippen molar-refractivity contribution in [3.8, 4) is 5.75 Å². The van der Waals surface area contributed by atoms with Gasteiger partial charge in [0.15, 0.2) is 0 Å². The summed E-state index contributed by atoms with van der Waals surface area (Å²) >= 11 is 0. The van der Waals surface area contributed by atoms with Gasteiger partial charge in [-0.25, -0.2) is 0 Å². The molecule has 0 radical (unpaired) electrons. The number of hydrogen-bond donors (Lipinski definition) is 1. The van der Waals surface area contributed by atoms with E-state index in [1.165, 1.54) is 0 Å². The van der Waals surface area contributed by atoms with Crippen LogP contribution in [0.5, 0.6) is 5.75 Å². The Kier molecular flexibility index (Phi) is 3.81. The molecule has 2 rings (SSSR count). The molecule has 1 N–H and O–H groups in total. The molecule has 0 saturated carbocycles. The Bertz CT molecular complexity index is 597. The van der Waals surface area contributed by atoms with Gasteiger partial charge >= 0.3 is 0 Å². The summed E-state index contributed by atoms with van der Waals surface area (Å²) in [5.41, 5.74) is 4.09. The Balaban J connectivity index is 2.51. The number of nitrogens with zero attached hydrogens (tertiary/aromatic N) is 2. The highest BCUT2D eigenvalue weighted by atomic mass is 16.5. The number of methoxy groups -OCH3 is 1. The third-order valence-corrected chi connectivity index (χ3v) is 3.11. The zero-order chi connectivity index (χ0) is 14.0. The summed E-state index contributed by atoms with van der Waals surface area (Å²) < 4.78 is 5.32. The molecule has 0 fully saturated rings. The fourth-order valence-electron chi connectivity index (χ4n) is 2.08. The molecule has 0 saturated heterocycles. The minimum atomic E-state index is -0.760. The molecule has 0 aliphatic heterocycles. The molecule has 2 aromatic rings. The second-order valence-electron chi connectivity index (χ2n) is 4.67. The SMILES string of the molecule is COc1ccc(C)cc1C(O)c1cc(C)nnc1C. The van der Waals surface area contributed by atoms with Gasteiger partial charge in [0.25, 0.3) is 0 Å². The van der Waals surface area contributed by atoms with Crippen LogP contribution in [0.2, 0.25) is 0 Å². The van der Waals surface area contributed by atoms with Gasteiger partial charge < -0.3 is 9.84 Å². The normalized spacial score (nSPS) is 12.3. The molecule has 1 aromatic heterocycles. The minimum Gasteiger partial charge on any atom is -0.496 e. The lowest BCUT2D eigenvalue weighted by Gasteiger charge is -2.17. The summed E-state index contributed by atoms with van der Waals surface area (Å²) in [7, 11) is 1.60. The van der Waals surface area contributed by atoms with Gasteiger partial charge in [-0.05, 0) is 39.0 Å². The molecule has 0 aliphatic rings. The highest BCUT2D eigenvalue weighted by molar-refractivity contribution is 5.43. The number of hydrogen-bond acceptors (Lipinski definition) is 4. The van der Waals surface area contributed by atoms with Crippen LogP contribution in [0.4, 0.5) is 0 Å². The highest BCUT2D eigenvalue weighted by Gasteiger charge is 2.18. The largest absolute Gasteiger partial charge is 0.496 e. The van der Waals surface area contributed by atoms with E-state index in [1.807, 2.05) is 45.0 Å². The summed E-state index contributed by atoms with van der Waals surface area (Å²) in [6.07, 6.45) is -0.760. The molecule has 1 unspecified atom stereocenters. The van der Waals surface area contributed by atoms with E-state index in [9.17, 15) is 5.11 Å². The lowest BCUT2D eigenvalue weighted by atomic mass is 9.98. The third kappa shape index (κ3) is 2.74. The summed E-state index contributed by atoms with van der Waals surface area (Å²) in [5.74, 6) is 0.673. The Morgan fingerprint density at radius 1 is 1.05 bits per heavy atom. The first-order valence-corrected chi connectivity index (χ1v) is 6.16. The molecule has 1 aromatic carbocycles. The summed E-state index contributed by atoms with van der Waals surface area (Å²) in [6, 6.07) is 7.61. The van der Waals surface area contributed by atoms with Crippen LogP contribution in [-0.2, 0) is 0 Å². The van der Waals surface area contributed by atoms with Crippen LogP contribution < -0.4 is 4.74 Å². The van der Waals surface area contributed by atoms with E-state index in [-0.39, 0.29) is 0 Å². The van der Waals surface area contributed by atoms with Crippen LogP contribution in [0, 0.1) is 20.8 Å².